The molecule has 3 aromatic rings. The van der Waals surface area contributed by atoms with Crippen molar-refractivity contribution < 1.29 is 28.5 Å². The first-order valence-electron chi connectivity index (χ1n) is 9.05. The summed E-state index contributed by atoms with van der Waals surface area (Å²) in [5, 5.41) is 18.0. The Labute approximate surface area is 187 Å². The van der Waals surface area contributed by atoms with Crippen LogP contribution in [0.1, 0.15) is 12.5 Å². The Bertz CT molecular complexity index is 1090. The quantitative estimate of drug-likeness (QED) is 0.346. The number of halogens is 1. The van der Waals surface area contributed by atoms with Gasteiger partial charge in [-0.2, -0.15) is 0 Å². The van der Waals surface area contributed by atoms with E-state index in [9.17, 15) is 9.90 Å². The van der Waals surface area contributed by atoms with Crippen LogP contribution in [0.2, 0.25) is 5.02 Å². The first-order valence-corrected chi connectivity index (χ1v) is 10.2. The van der Waals surface area contributed by atoms with Crippen molar-refractivity contribution in [2.45, 2.75) is 12.1 Å². The molecule has 1 aromatic heterocycles. The maximum atomic E-state index is 11.7. The number of carbonyl (C=O) groups is 1. The Morgan fingerprint density at radius 2 is 1.87 bits per heavy atom. The fraction of sp³-hybridized carbons (Fsp3) is 0.190. The molecule has 0 bridgehead atoms. The molecule has 0 aliphatic rings. The number of nitrogens with zero attached hydrogens (tertiary/aromatic N) is 2. The molecule has 0 atom stereocenters. The van der Waals surface area contributed by atoms with Gasteiger partial charge < -0.3 is 23.7 Å². The van der Waals surface area contributed by atoms with E-state index < -0.39 is 5.97 Å². The number of hydrogen-bond donors (Lipinski definition) is 1. The van der Waals surface area contributed by atoms with Gasteiger partial charge in [0.15, 0.2) is 0 Å². The first-order chi connectivity index (χ1) is 14.9. The molecule has 0 saturated carbocycles. The van der Waals surface area contributed by atoms with Crippen molar-refractivity contribution in [1.29, 1.82) is 0 Å². The predicted octanol–water partition coefficient (Wildman–Crippen LogP) is 5.02. The van der Waals surface area contributed by atoms with Gasteiger partial charge in [0.05, 0.1) is 25.8 Å². The first kappa shape index (κ1) is 22.5. The highest BCUT2D eigenvalue weighted by Gasteiger charge is 2.17. The van der Waals surface area contributed by atoms with E-state index in [4.69, 9.17) is 30.2 Å². The van der Waals surface area contributed by atoms with Gasteiger partial charge in [0.25, 0.3) is 5.22 Å². The molecule has 2 aromatic carbocycles. The number of aromatic nitrogens is 2. The standard InChI is InChI=1S/C21H19ClN2O6S/c1-4-29-17-6-5-12(7-16(17)22)8-18(20(25)26)31-21-24-23-19(30-21)13-9-14(27-2)11-15(10-13)28-3/h5-11H,4H2,1-3H3,(H,25,26)/b18-8-. The fourth-order valence-corrected chi connectivity index (χ4v) is 3.47. The fourth-order valence-electron chi connectivity index (χ4n) is 2.56. The van der Waals surface area contributed by atoms with Crippen LogP contribution in [0.25, 0.3) is 17.5 Å². The van der Waals surface area contributed by atoms with Crippen molar-refractivity contribution in [3.8, 4) is 28.7 Å². The van der Waals surface area contributed by atoms with Crippen molar-refractivity contribution in [3.05, 3.63) is 51.9 Å². The molecule has 3 rings (SSSR count). The van der Waals surface area contributed by atoms with Crippen molar-refractivity contribution in [3.63, 3.8) is 0 Å². The minimum Gasteiger partial charge on any atom is -0.497 e. The van der Waals surface area contributed by atoms with Gasteiger partial charge in [-0.15, -0.1) is 10.2 Å². The molecule has 0 fully saturated rings. The van der Waals surface area contributed by atoms with E-state index >= 15 is 0 Å². The summed E-state index contributed by atoms with van der Waals surface area (Å²) in [5.74, 6) is 0.702. The van der Waals surface area contributed by atoms with E-state index in [0.717, 1.165) is 11.8 Å². The largest absolute Gasteiger partial charge is 0.497 e. The molecular formula is C21H19ClN2O6S. The smallest absolute Gasteiger partial charge is 0.342 e. The number of rotatable bonds is 9. The average Bonchev–Trinajstić information content (AvgIpc) is 3.23. The summed E-state index contributed by atoms with van der Waals surface area (Å²) in [5.41, 5.74) is 1.17. The highest BCUT2D eigenvalue weighted by molar-refractivity contribution is 8.03. The maximum Gasteiger partial charge on any atom is 0.342 e. The summed E-state index contributed by atoms with van der Waals surface area (Å²) in [4.78, 5) is 11.7. The van der Waals surface area contributed by atoms with E-state index in [2.05, 4.69) is 10.2 Å². The lowest BCUT2D eigenvalue weighted by molar-refractivity contribution is -0.131. The molecule has 0 amide bonds. The van der Waals surface area contributed by atoms with E-state index in [-0.39, 0.29) is 16.0 Å². The second-order valence-electron chi connectivity index (χ2n) is 6.01. The molecule has 0 radical (unpaired) electrons. The van der Waals surface area contributed by atoms with E-state index in [1.54, 1.807) is 36.4 Å². The van der Waals surface area contributed by atoms with Gasteiger partial charge in [-0.05, 0) is 54.6 Å². The van der Waals surface area contributed by atoms with Crippen molar-refractivity contribution in [1.82, 2.24) is 10.2 Å². The Morgan fingerprint density at radius 1 is 1.16 bits per heavy atom. The molecule has 10 heteroatoms. The zero-order valence-electron chi connectivity index (χ0n) is 16.9. The highest BCUT2D eigenvalue weighted by atomic mass is 35.5. The summed E-state index contributed by atoms with van der Waals surface area (Å²) < 4.78 is 21.5. The molecule has 0 unspecified atom stereocenters. The number of carboxylic acid groups (broad SMARTS) is 1. The van der Waals surface area contributed by atoms with Crippen molar-refractivity contribution in [2.75, 3.05) is 20.8 Å². The molecular weight excluding hydrogens is 444 g/mol. The van der Waals surface area contributed by atoms with Gasteiger partial charge >= 0.3 is 5.97 Å². The lowest BCUT2D eigenvalue weighted by Crippen LogP contribution is -1.97. The minimum absolute atomic E-state index is 0.0151. The lowest BCUT2D eigenvalue weighted by atomic mass is 10.2. The molecule has 0 spiro atoms. The molecule has 162 valence electrons. The number of hydrogen-bond acceptors (Lipinski definition) is 8. The van der Waals surface area contributed by atoms with Crippen LogP contribution in [-0.2, 0) is 4.79 Å². The number of thioether (sulfide) groups is 1. The summed E-state index contributed by atoms with van der Waals surface area (Å²) in [6, 6.07) is 10.1. The highest BCUT2D eigenvalue weighted by Crippen LogP contribution is 2.34. The molecule has 8 nitrogen and oxygen atoms in total. The van der Waals surface area contributed by atoms with Crippen molar-refractivity contribution in [2.24, 2.45) is 0 Å². The Morgan fingerprint density at radius 3 is 2.45 bits per heavy atom. The predicted molar refractivity (Wildman–Crippen MR) is 117 cm³/mol. The van der Waals surface area contributed by atoms with Crippen LogP contribution >= 0.6 is 23.4 Å². The molecule has 0 aliphatic heterocycles. The van der Waals surface area contributed by atoms with Gasteiger partial charge in [0, 0.05) is 11.6 Å². The van der Waals surface area contributed by atoms with Crippen LogP contribution in [-0.4, -0.2) is 42.1 Å². The van der Waals surface area contributed by atoms with E-state index in [1.807, 2.05) is 6.92 Å². The van der Waals surface area contributed by atoms with E-state index in [0.29, 0.717) is 40.0 Å². The topological polar surface area (TPSA) is 104 Å². The second-order valence-corrected chi connectivity index (χ2v) is 7.41. The third-order valence-electron chi connectivity index (χ3n) is 3.97. The summed E-state index contributed by atoms with van der Waals surface area (Å²) >= 11 is 7.01. The van der Waals surface area contributed by atoms with Crippen molar-refractivity contribution >= 4 is 35.4 Å². The zero-order chi connectivity index (χ0) is 22.4. The van der Waals surface area contributed by atoms with E-state index in [1.165, 1.54) is 20.3 Å². The molecule has 0 saturated heterocycles. The summed E-state index contributed by atoms with van der Waals surface area (Å²) in [6.07, 6.45) is 1.47. The van der Waals surface area contributed by atoms with Crippen LogP contribution in [0.15, 0.2) is 50.9 Å². The maximum absolute atomic E-state index is 11.7. The molecule has 1 N–H and O–H groups in total. The van der Waals surface area contributed by atoms with Gasteiger partial charge in [0.2, 0.25) is 5.89 Å². The minimum atomic E-state index is -1.14. The second kappa shape index (κ2) is 10.2. The monoisotopic (exact) mass is 462 g/mol. The Hall–Kier alpha value is -3.17. The number of benzene rings is 2. The Kier molecular flexibility index (Phi) is 7.43. The third kappa shape index (κ3) is 5.71. The SMILES string of the molecule is CCOc1ccc(/C=C(\Sc2nnc(-c3cc(OC)cc(OC)c3)o2)C(=O)O)cc1Cl. The number of carboxylic acids is 1. The number of ether oxygens (including phenoxy) is 3. The third-order valence-corrected chi connectivity index (χ3v) is 5.11. The average molecular weight is 463 g/mol. The van der Waals surface area contributed by atoms with Gasteiger partial charge in [-0.3, -0.25) is 0 Å². The van der Waals surface area contributed by atoms with Crippen LogP contribution < -0.4 is 14.2 Å². The Balaban J connectivity index is 1.85. The molecule has 1 heterocycles. The number of aliphatic carboxylic acids is 1. The zero-order valence-corrected chi connectivity index (χ0v) is 18.5. The lowest BCUT2D eigenvalue weighted by Gasteiger charge is -2.06. The van der Waals surface area contributed by atoms with Crippen LogP contribution in [0.4, 0.5) is 0 Å². The van der Waals surface area contributed by atoms with Gasteiger partial charge in [-0.25, -0.2) is 4.79 Å². The summed E-state index contributed by atoms with van der Waals surface area (Å²) in [6.45, 7) is 2.33. The molecule has 0 aliphatic carbocycles. The van der Waals surface area contributed by atoms with Crippen LogP contribution in [0.3, 0.4) is 0 Å². The van der Waals surface area contributed by atoms with Gasteiger partial charge in [0.1, 0.15) is 22.2 Å². The van der Waals surface area contributed by atoms with Crippen LogP contribution in [0, 0.1) is 0 Å². The normalized spacial score (nSPS) is 11.3. The summed E-state index contributed by atoms with van der Waals surface area (Å²) in [7, 11) is 3.06. The van der Waals surface area contributed by atoms with Crippen LogP contribution in [0.5, 0.6) is 17.2 Å². The number of methoxy groups -OCH3 is 2. The molecule has 31 heavy (non-hydrogen) atoms. The van der Waals surface area contributed by atoms with Gasteiger partial charge in [-0.1, -0.05) is 17.7 Å².